The Balaban J connectivity index is 1.53. The number of sulfonamides is 1. The monoisotopic (exact) mass is 383 g/mol. The Bertz CT molecular complexity index is 1030. The van der Waals surface area contributed by atoms with Gasteiger partial charge in [-0.15, -0.1) is 0 Å². The topological polar surface area (TPSA) is 79.3 Å². The number of hydrogen-bond donors (Lipinski definition) is 0. The molecule has 27 heavy (non-hydrogen) atoms. The Hall–Kier alpha value is -2.58. The molecule has 0 bridgehead atoms. The van der Waals surface area contributed by atoms with Crippen molar-refractivity contribution in [1.82, 2.24) is 19.3 Å². The standard InChI is InChI=1S/C19H21N5O2S/c1-23(18-7-11-20-14-22-18)16-8-12-24(13-9-16)27(25,26)17-6-2-4-15-5-3-10-21-19(15)17/h2-7,10-11,14,16H,8-9,12-13H2,1H3. The van der Waals surface area contributed by atoms with Crippen LogP contribution in [0.2, 0.25) is 0 Å². The van der Waals surface area contributed by atoms with Crippen LogP contribution in [0.4, 0.5) is 5.82 Å². The van der Waals surface area contributed by atoms with Gasteiger partial charge in [0.15, 0.2) is 0 Å². The lowest BCUT2D eigenvalue weighted by Gasteiger charge is -2.36. The summed E-state index contributed by atoms with van der Waals surface area (Å²) in [6, 6.07) is 11.1. The zero-order valence-corrected chi connectivity index (χ0v) is 15.9. The molecular weight excluding hydrogens is 362 g/mol. The number of fused-ring (bicyclic) bond motifs is 1. The maximum atomic E-state index is 13.2. The number of para-hydroxylation sites is 1. The van der Waals surface area contributed by atoms with Crippen LogP contribution in [0.1, 0.15) is 12.8 Å². The van der Waals surface area contributed by atoms with Crippen molar-refractivity contribution in [3.8, 4) is 0 Å². The quantitative estimate of drug-likeness (QED) is 0.688. The summed E-state index contributed by atoms with van der Waals surface area (Å²) in [7, 11) is -1.58. The molecule has 140 valence electrons. The second-order valence-corrected chi connectivity index (χ2v) is 8.55. The molecule has 0 saturated carbocycles. The molecule has 0 unspecified atom stereocenters. The molecule has 0 N–H and O–H groups in total. The van der Waals surface area contributed by atoms with Crippen LogP contribution in [-0.4, -0.2) is 53.9 Å². The van der Waals surface area contributed by atoms with Crippen LogP contribution in [0, 0.1) is 0 Å². The van der Waals surface area contributed by atoms with E-state index in [4.69, 9.17) is 0 Å². The van der Waals surface area contributed by atoms with E-state index in [1.54, 1.807) is 28.8 Å². The average molecular weight is 383 g/mol. The van der Waals surface area contributed by atoms with Crippen LogP contribution < -0.4 is 4.90 Å². The molecule has 1 saturated heterocycles. The summed E-state index contributed by atoms with van der Waals surface area (Å²) in [4.78, 5) is 14.9. The zero-order chi connectivity index (χ0) is 18.9. The van der Waals surface area contributed by atoms with Gasteiger partial charge in [0.1, 0.15) is 17.0 Å². The molecule has 3 heterocycles. The van der Waals surface area contributed by atoms with Gasteiger partial charge in [-0.05, 0) is 31.0 Å². The normalized spacial score (nSPS) is 16.5. The third kappa shape index (κ3) is 3.38. The van der Waals surface area contributed by atoms with Crippen molar-refractivity contribution in [2.75, 3.05) is 25.0 Å². The van der Waals surface area contributed by atoms with Crippen LogP contribution in [0.25, 0.3) is 10.9 Å². The highest BCUT2D eigenvalue weighted by atomic mass is 32.2. The van der Waals surface area contributed by atoms with Crippen LogP contribution in [0.5, 0.6) is 0 Å². The van der Waals surface area contributed by atoms with Crippen molar-refractivity contribution >= 4 is 26.7 Å². The molecule has 1 aliphatic rings. The summed E-state index contributed by atoms with van der Waals surface area (Å²) >= 11 is 0. The van der Waals surface area contributed by atoms with Gasteiger partial charge in [-0.2, -0.15) is 4.31 Å². The maximum absolute atomic E-state index is 13.2. The molecule has 0 aliphatic carbocycles. The lowest BCUT2D eigenvalue weighted by atomic mass is 10.1. The minimum atomic E-state index is -3.58. The SMILES string of the molecule is CN(c1ccncn1)C1CCN(S(=O)(=O)c2cccc3cccnc23)CC1. The van der Waals surface area contributed by atoms with Gasteiger partial charge in [0.25, 0.3) is 0 Å². The van der Waals surface area contributed by atoms with E-state index in [1.807, 2.05) is 31.3 Å². The van der Waals surface area contributed by atoms with Gasteiger partial charge in [-0.3, -0.25) is 4.98 Å². The number of rotatable bonds is 4. The summed E-state index contributed by atoms with van der Waals surface area (Å²) < 4.78 is 28.0. The van der Waals surface area contributed by atoms with Gasteiger partial charge < -0.3 is 4.90 Å². The molecule has 8 heteroatoms. The van der Waals surface area contributed by atoms with E-state index in [2.05, 4.69) is 19.9 Å². The summed E-state index contributed by atoms with van der Waals surface area (Å²) in [5.74, 6) is 0.851. The first-order valence-electron chi connectivity index (χ1n) is 8.90. The van der Waals surface area contributed by atoms with Gasteiger partial charge in [-0.1, -0.05) is 18.2 Å². The fraction of sp³-hybridized carbons (Fsp3) is 0.316. The molecule has 3 aromatic rings. The Kier molecular flexibility index (Phi) is 4.75. The first kappa shape index (κ1) is 17.8. The highest BCUT2D eigenvalue weighted by Crippen LogP contribution is 2.28. The largest absolute Gasteiger partial charge is 0.356 e. The van der Waals surface area contributed by atoms with E-state index in [9.17, 15) is 8.42 Å². The fourth-order valence-corrected chi connectivity index (χ4v) is 5.21. The fourth-order valence-electron chi connectivity index (χ4n) is 3.57. The summed E-state index contributed by atoms with van der Waals surface area (Å²) in [6.07, 6.45) is 6.37. The van der Waals surface area contributed by atoms with E-state index in [0.717, 1.165) is 24.0 Å². The minimum absolute atomic E-state index is 0.247. The summed E-state index contributed by atoms with van der Waals surface area (Å²) in [6.45, 7) is 0.956. The predicted octanol–water partition coefficient (Wildman–Crippen LogP) is 2.31. The van der Waals surface area contributed by atoms with Gasteiger partial charge in [0.05, 0.1) is 5.52 Å². The molecule has 4 rings (SSSR count). The summed E-state index contributed by atoms with van der Waals surface area (Å²) in [5, 5.41) is 0.831. The van der Waals surface area contributed by atoms with Gasteiger partial charge in [0.2, 0.25) is 10.0 Å². The second kappa shape index (κ2) is 7.21. The maximum Gasteiger partial charge on any atom is 0.245 e. The smallest absolute Gasteiger partial charge is 0.245 e. The Morgan fingerprint density at radius 1 is 1.04 bits per heavy atom. The van der Waals surface area contributed by atoms with E-state index in [1.165, 1.54) is 6.33 Å². The van der Waals surface area contributed by atoms with Crippen LogP contribution in [0.15, 0.2) is 60.0 Å². The van der Waals surface area contributed by atoms with E-state index in [0.29, 0.717) is 18.6 Å². The average Bonchev–Trinajstić information content (AvgIpc) is 2.73. The van der Waals surface area contributed by atoms with Crippen LogP contribution in [-0.2, 0) is 10.0 Å². The Morgan fingerprint density at radius 3 is 2.56 bits per heavy atom. The molecule has 1 aliphatic heterocycles. The predicted molar refractivity (Wildman–Crippen MR) is 104 cm³/mol. The minimum Gasteiger partial charge on any atom is -0.356 e. The van der Waals surface area contributed by atoms with Crippen molar-refractivity contribution in [3.05, 3.63) is 55.1 Å². The van der Waals surface area contributed by atoms with Gasteiger partial charge in [0, 0.05) is 44.0 Å². The third-order valence-electron chi connectivity index (χ3n) is 5.11. The third-order valence-corrected chi connectivity index (χ3v) is 7.04. The molecule has 2 aromatic heterocycles. The molecule has 0 amide bonds. The number of anilines is 1. The molecular formula is C19H21N5O2S. The first-order chi connectivity index (χ1) is 13.1. The van der Waals surface area contributed by atoms with Gasteiger partial charge in [-0.25, -0.2) is 18.4 Å². The lowest BCUT2D eigenvalue weighted by Crippen LogP contribution is -2.45. The van der Waals surface area contributed by atoms with Crippen molar-refractivity contribution in [3.63, 3.8) is 0 Å². The Labute approximate surface area is 158 Å². The first-order valence-corrected chi connectivity index (χ1v) is 10.3. The number of benzene rings is 1. The molecule has 0 spiro atoms. The molecule has 0 radical (unpaired) electrons. The summed E-state index contributed by atoms with van der Waals surface area (Å²) in [5.41, 5.74) is 0.528. The number of hydrogen-bond acceptors (Lipinski definition) is 6. The van der Waals surface area contributed by atoms with Crippen molar-refractivity contribution in [1.29, 1.82) is 0 Å². The highest BCUT2D eigenvalue weighted by molar-refractivity contribution is 7.89. The highest BCUT2D eigenvalue weighted by Gasteiger charge is 2.32. The Morgan fingerprint density at radius 2 is 1.81 bits per heavy atom. The van der Waals surface area contributed by atoms with E-state index in [-0.39, 0.29) is 10.9 Å². The van der Waals surface area contributed by atoms with Crippen LogP contribution in [0.3, 0.4) is 0 Å². The van der Waals surface area contributed by atoms with Crippen molar-refractivity contribution in [2.45, 2.75) is 23.8 Å². The number of pyridine rings is 1. The van der Waals surface area contributed by atoms with E-state index < -0.39 is 10.0 Å². The van der Waals surface area contributed by atoms with Crippen molar-refractivity contribution in [2.24, 2.45) is 0 Å². The number of aromatic nitrogens is 3. The molecule has 1 fully saturated rings. The molecule has 1 aromatic carbocycles. The number of nitrogens with zero attached hydrogens (tertiary/aromatic N) is 5. The van der Waals surface area contributed by atoms with E-state index >= 15 is 0 Å². The molecule has 7 nitrogen and oxygen atoms in total. The van der Waals surface area contributed by atoms with Gasteiger partial charge >= 0.3 is 0 Å². The second-order valence-electron chi connectivity index (χ2n) is 6.65. The lowest BCUT2D eigenvalue weighted by molar-refractivity contribution is 0.314. The molecule has 0 atom stereocenters. The van der Waals surface area contributed by atoms with Crippen LogP contribution >= 0.6 is 0 Å². The zero-order valence-electron chi connectivity index (χ0n) is 15.1. The van der Waals surface area contributed by atoms with Crippen molar-refractivity contribution < 1.29 is 8.42 Å². The number of piperidine rings is 1.